The van der Waals surface area contributed by atoms with Crippen LogP contribution in [0.5, 0.6) is 0 Å². The maximum atomic E-state index is 6.56. The Kier molecular flexibility index (Phi) is 6.38. The normalized spacial score (nSPS) is 19.9. The van der Waals surface area contributed by atoms with E-state index in [2.05, 4.69) is 56.5 Å². The quantitative estimate of drug-likeness (QED) is 0.401. The van der Waals surface area contributed by atoms with Crippen molar-refractivity contribution < 1.29 is 0 Å². The number of hydrogen-bond donors (Lipinski definition) is 0. The van der Waals surface area contributed by atoms with Crippen molar-refractivity contribution in [2.45, 2.75) is 58.9 Å². The summed E-state index contributed by atoms with van der Waals surface area (Å²) in [4.78, 5) is 7.44. The molecule has 0 saturated heterocycles. The number of rotatable bonds is 3. The van der Waals surface area contributed by atoms with Crippen LogP contribution in [-0.4, -0.2) is 16.8 Å². The lowest BCUT2D eigenvalue weighted by Crippen LogP contribution is -2.32. The molecular weight excluding hydrogens is 352 g/mol. The lowest BCUT2D eigenvalue weighted by atomic mass is 9.95. The maximum absolute atomic E-state index is 6.56. The highest BCUT2D eigenvalue weighted by Crippen LogP contribution is 2.33. The summed E-state index contributed by atoms with van der Waals surface area (Å²) in [5.41, 5.74) is 5.39. The summed E-state index contributed by atoms with van der Waals surface area (Å²) in [6.45, 7) is 10.6. The molecule has 1 aliphatic heterocycles. The van der Waals surface area contributed by atoms with Crippen LogP contribution in [0.4, 0.5) is 0 Å². The molecular formula is C24H29ClN2. The monoisotopic (exact) mass is 380 g/mol. The highest BCUT2D eigenvalue weighted by Gasteiger charge is 2.25. The number of amidine groups is 1. The standard InChI is InChI=1S/C24H29ClN2/c1-5-21(22-13-9-10-14-23(22)25)24(26-20-11-7-6-8-12-20)27-18(3)15-17(2)16-19(27)4/h5,9-10,13-16,20H,3,6-8,11-12H2,1-2,4H3. The van der Waals surface area contributed by atoms with Gasteiger partial charge in [0.25, 0.3) is 0 Å². The molecule has 1 fully saturated rings. The Balaban J connectivity index is 2.10. The largest absolute Gasteiger partial charge is 0.299 e. The van der Waals surface area contributed by atoms with Crippen molar-refractivity contribution in [2.24, 2.45) is 4.99 Å². The van der Waals surface area contributed by atoms with Crippen LogP contribution in [0.2, 0.25) is 5.02 Å². The van der Waals surface area contributed by atoms with Gasteiger partial charge in [0.1, 0.15) is 5.84 Å². The Hall–Kier alpha value is -2.06. The van der Waals surface area contributed by atoms with Crippen molar-refractivity contribution >= 4 is 23.0 Å². The summed E-state index contributed by atoms with van der Waals surface area (Å²) >= 11 is 6.56. The smallest absolute Gasteiger partial charge is 0.140 e. The van der Waals surface area contributed by atoms with Crippen molar-refractivity contribution in [3.8, 4) is 0 Å². The number of nitrogens with zero attached hydrogens (tertiary/aromatic N) is 2. The molecule has 0 radical (unpaired) electrons. The molecule has 0 amide bonds. The van der Waals surface area contributed by atoms with E-state index in [9.17, 15) is 0 Å². The van der Waals surface area contributed by atoms with E-state index in [-0.39, 0.29) is 0 Å². The van der Waals surface area contributed by atoms with Crippen molar-refractivity contribution in [2.75, 3.05) is 0 Å². The third-order valence-electron chi connectivity index (χ3n) is 5.26. The molecule has 0 aromatic heterocycles. The minimum Gasteiger partial charge on any atom is -0.299 e. The molecule has 0 bridgehead atoms. The first kappa shape index (κ1) is 19.7. The first-order chi connectivity index (χ1) is 13.0. The minimum absolute atomic E-state index is 0.360. The third kappa shape index (κ3) is 4.44. The van der Waals surface area contributed by atoms with Gasteiger partial charge in [-0.1, -0.05) is 61.7 Å². The van der Waals surface area contributed by atoms with E-state index in [1.165, 1.54) is 24.8 Å². The Labute approximate surface area is 168 Å². The van der Waals surface area contributed by atoms with Crippen LogP contribution in [0.25, 0.3) is 5.57 Å². The molecule has 1 aromatic rings. The fourth-order valence-electron chi connectivity index (χ4n) is 4.01. The topological polar surface area (TPSA) is 15.6 Å². The second-order valence-electron chi connectivity index (χ2n) is 7.43. The first-order valence-corrected chi connectivity index (χ1v) is 10.2. The number of hydrogen-bond acceptors (Lipinski definition) is 1. The zero-order valence-electron chi connectivity index (χ0n) is 16.6. The number of benzene rings is 1. The van der Waals surface area contributed by atoms with Crippen molar-refractivity contribution in [1.29, 1.82) is 0 Å². The highest BCUT2D eigenvalue weighted by molar-refractivity contribution is 6.35. The summed E-state index contributed by atoms with van der Waals surface area (Å²) in [6, 6.07) is 8.37. The molecule has 0 unspecified atom stereocenters. The SMILES string of the molecule is C=C1C=C(C)C=C(C)N1C(=NC1CCCCC1)C(=CC)c1ccccc1Cl. The number of allylic oxidation sites excluding steroid dienone is 5. The molecule has 2 aliphatic rings. The van der Waals surface area contributed by atoms with Crippen LogP contribution in [0.1, 0.15) is 58.4 Å². The van der Waals surface area contributed by atoms with Crippen molar-refractivity contribution in [3.05, 3.63) is 76.6 Å². The molecule has 1 saturated carbocycles. The Morgan fingerprint density at radius 1 is 1.15 bits per heavy atom. The Bertz CT molecular complexity index is 836. The predicted octanol–water partition coefficient (Wildman–Crippen LogP) is 7.15. The highest BCUT2D eigenvalue weighted by atomic mass is 35.5. The van der Waals surface area contributed by atoms with E-state index < -0.39 is 0 Å². The second-order valence-corrected chi connectivity index (χ2v) is 7.83. The van der Waals surface area contributed by atoms with Gasteiger partial charge in [-0.2, -0.15) is 0 Å². The van der Waals surface area contributed by atoms with Gasteiger partial charge in [-0.3, -0.25) is 9.89 Å². The van der Waals surface area contributed by atoms with Gasteiger partial charge >= 0.3 is 0 Å². The van der Waals surface area contributed by atoms with E-state index in [0.717, 1.165) is 46.2 Å². The van der Waals surface area contributed by atoms with Crippen LogP contribution < -0.4 is 0 Å². The lowest BCUT2D eigenvalue weighted by molar-refractivity contribution is 0.439. The molecule has 1 aliphatic carbocycles. The number of aliphatic imine (C=N–C) groups is 1. The molecule has 142 valence electrons. The molecule has 1 aromatic carbocycles. The summed E-state index contributed by atoms with van der Waals surface area (Å²) in [5.74, 6) is 0.958. The van der Waals surface area contributed by atoms with E-state index in [1.807, 2.05) is 18.2 Å². The summed E-state index contributed by atoms with van der Waals surface area (Å²) in [7, 11) is 0. The Morgan fingerprint density at radius 2 is 1.85 bits per heavy atom. The third-order valence-corrected chi connectivity index (χ3v) is 5.59. The zero-order valence-corrected chi connectivity index (χ0v) is 17.4. The first-order valence-electron chi connectivity index (χ1n) is 9.86. The van der Waals surface area contributed by atoms with Gasteiger partial charge in [0.05, 0.1) is 6.04 Å². The lowest BCUT2D eigenvalue weighted by Gasteiger charge is -2.33. The molecule has 0 atom stereocenters. The fourth-order valence-corrected chi connectivity index (χ4v) is 4.25. The van der Waals surface area contributed by atoms with E-state index >= 15 is 0 Å². The molecule has 0 N–H and O–H groups in total. The second kappa shape index (κ2) is 8.75. The average molecular weight is 381 g/mol. The molecule has 0 spiro atoms. The van der Waals surface area contributed by atoms with Gasteiger partial charge in [-0.05, 0) is 57.4 Å². The fraction of sp³-hybridized carbons (Fsp3) is 0.375. The molecule has 1 heterocycles. The minimum atomic E-state index is 0.360. The summed E-state index contributed by atoms with van der Waals surface area (Å²) < 4.78 is 0. The van der Waals surface area contributed by atoms with Crippen LogP contribution >= 0.6 is 11.6 Å². The van der Waals surface area contributed by atoms with Crippen LogP contribution in [-0.2, 0) is 0 Å². The number of halogens is 1. The molecule has 27 heavy (non-hydrogen) atoms. The van der Waals surface area contributed by atoms with Gasteiger partial charge in [0, 0.05) is 27.6 Å². The van der Waals surface area contributed by atoms with Gasteiger partial charge in [-0.25, -0.2) is 0 Å². The van der Waals surface area contributed by atoms with Gasteiger partial charge in [0.15, 0.2) is 0 Å². The van der Waals surface area contributed by atoms with Gasteiger partial charge < -0.3 is 0 Å². The van der Waals surface area contributed by atoms with Crippen LogP contribution in [0.3, 0.4) is 0 Å². The molecule has 3 rings (SSSR count). The van der Waals surface area contributed by atoms with Crippen LogP contribution in [0.15, 0.2) is 71.0 Å². The zero-order chi connectivity index (χ0) is 19.4. The maximum Gasteiger partial charge on any atom is 0.140 e. The van der Waals surface area contributed by atoms with E-state index in [4.69, 9.17) is 16.6 Å². The summed E-state index contributed by atoms with van der Waals surface area (Å²) in [5, 5.41) is 0.748. The summed E-state index contributed by atoms with van der Waals surface area (Å²) in [6.07, 6.45) is 12.6. The van der Waals surface area contributed by atoms with Crippen molar-refractivity contribution in [3.63, 3.8) is 0 Å². The van der Waals surface area contributed by atoms with Gasteiger partial charge in [-0.15, -0.1) is 0 Å². The van der Waals surface area contributed by atoms with E-state index in [0.29, 0.717) is 6.04 Å². The van der Waals surface area contributed by atoms with E-state index in [1.54, 1.807) is 0 Å². The molecule has 2 nitrogen and oxygen atoms in total. The van der Waals surface area contributed by atoms with Gasteiger partial charge in [0.2, 0.25) is 0 Å². The predicted molar refractivity (Wildman–Crippen MR) is 118 cm³/mol. The van der Waals surface area contributed by atoms with Crippen LogP contribution in [0, 0.1) is 0 Å². The van der Waals surface area contributed by atoms with Crippen molar-refractivity contribution in [1.82, 2.24) is 4.90 Å². The molecule has 3 heteroatoms. The Morgan fingerprint density at radius 3 is 2.48 bits per heavy atom. The average Bonchev–Trinajstić information content (AvgIpc) is 2.63.